The van der Waals surface area contributed by atoms with Crippen LogP contribution in [0.5, 0.6) is 0 Å². The first-order valence-corrected chi connectivity index (χ1v) is 12.8. The summed E-state index contributed by atoms with van der Waals surface area (Å²) in [5.74, 6) is 0.795. The summed E-state index contributed by atoms with van der Waals surface area (Å²) >= 11 is 0. The van der Waals surface area contributed by atoms with E-state index in [1.54, 1.807) is 0 Å². The fraction of sp³-hybridized carbons (Fsp3) is 0.692. The maximum atomic E-state index is 12.6. The summed E-state index contributed by atoms with van der Waals surface area (Å²) in [6.45, 7) is 9.99. The molecule has 2 aromatic rings. The van der Waals surface area contributed by atoms with Gasteiger partial charge in [0, 0.05) is 30.7 Å². The molecule has 0 aliphatic rings. The molecule has 0 radical (unpaired) electrons. The quantitative estimate of drug-likeness (QED) is 0.196. The molecule has 0 saturated carbocycles. The third-order valence-corrected chi connectivity index (χ3v) is 5.93. The molecule has 0 aromatic carbocycles. The van der Waals surface area contributed by atoms with E-state index in [0.29, 0.717) is 17.8 Å². The molecule has 0 saturated heterocycles. The zero-order valence-corrected chi connectivity index (χ0v) is 21.6. The lowest BCUT2D eigenvalue weighted by Gasteiger charge is -2.18. The predicted molar refractivity (Wildman–Crippen MR) is 131 cm³/mol. The maximum absolute atomic E-state index is 12.6. The van der Waals surface area contributed by atoms with Crippen LogP contribution in [-0.4, -0.2) is 38.2 Å². The normalized spacial score (nSPS) is 11.2. The van der Waals surface area contributed by atoms with Crippen LogP contribution in [0.25, 0.3) is 0 Å². The number of carbonyl (C=O) groups is 2. The van der Waals surface area contributed by atoms with Crippen LogP contribution < -0.4 is 0 Å². The largest absolute Gasteiger partial charge is 0.425 e. The highest BCUT2D eigenvalue weighted by Gasteiger charge is 2.22. The number of ether oxygens (including phenoxy) is 2. The standard InChI is InChI=1S/C26H42N4O4/c1-6-9-10-11-12-13-14-15-26(33-24(31)16-20-18(4)27-22(7-2)29-20)34-25(32)17-21-19(5)28-23(8-3)30-21/h26H,6-17H2,1-5H3,(H,27,29)(H,28,30). The van der Waals surface area contributed by atoms with Crippen LogP contribution in [0.2, 0.25) is 0 Å². The number of rotatable bonds is 16. The Morgan fingerprint density at radius 2 is 1.18 bits per heavy atom. The third-order valence-electron chi connectivity index (χ3n) is 5.93. The molecule has 0 unspecified atom stereocenters. The summed E-state index contributed by atoms with van der Waals surface area (Å²) < 4.78 is 11.2. The van der Waals surface area contributed by atoms with Crippen molar-refractivity contribution in [3.63, 3.8) is 0 Å². The fourth-order valence-corrected chi connectivity index (χ4v) is 3.87. The Morgan fingerprint density at radius 3 is 1.59 bits per heavy atom. The van der Waals surface area contributed by atoms with Crippen molar-refractivity contribution in [2.75, 3.05) is 0 Å². The molecule has 0 bridgehead atoms. The Bertz CT molecular complexity index is 838. The molecule has 8 heteroatoms. The second-order valence-electron chi connectivity index (χ2n) is 8.89. The smallest absolute Gasteiger partial charge is 0.315 e. The van der Waals surface area contributed by atoms with Gasteiger partial charge >= 0.3 is 11.9 Å². The monoisotopic (exact) mass is 474 g/mol. The van der Waals surface area contributed by atoms with Crippen LogP contribution in [0.3, 0.4) is 0 Å². The van der Waals surface area contributed by atoms with Gasteiger partial charge in [0.05, 0.1) is 24.2 Å². The highest BCUT2D eigenvalue weighted by atomic mass is 16.7. The first-order valence-electron chi connectivity index (χ1n) is 12.8. The van der Waals surface area contributed by atoms with Gasteiger partial charge in [-0.05, 0) is 20.3 Å². The van der Waals surface area contributed by atoms with Crippen LogP contribution in [0.4, 0.5) is 0 Å². The van der Waals surface area contributed by atoms with Gasteiger partial charge < -0.3 is 19.4 Å². The van der Waals surface area contributed by atoms with Crippen molar-refractivity contribution in [2.45, 2.75) is 118 Å². The average Bonchev–Trinajstić information content (AvgIpc) is 3.34. The molecule has 2 N–H and O–H groups in total. The van der Waals surface area contributed by atoms with Gasteiger partial charge in [-0.2, -0.15) is 0 Å². The third kappa shape index (κ3) is 9.31. The summed E-state index contributed by atoms with van der Waals surface area (Å²) in [5.41, 5.74) is 3.05. The van der Waals surface area contributed by atoms with E-state index < -0.39 is 18.2 Å². The predicted octanol–water partition coefficient (Wildman–Crippen LogP) is 5.21. The number of aryl methyl sites for hydroxylation is 4. The van der Waals surface area contributed by atoms with Gasteiger partial charge in [-0.15, -0.1) is 0 Å². The molecule has 34 heavy (non-hydrogen) atoms. The van der Waals surface area contributed by atoms with Gasteiger partial charge in [-0.25, -0.2) is 9.97 Å². The highest BCUT2D eigenvalue weighted by Crippen LogP contribution is 2.16. The Hall–Kier alpha value is -2.64. The number of aromatic amines is 2. The molecule has 190 valence electrons. The van der Waals surface area contributed by atoms with Gasteiger partial charge in [0.25, 0.3) is 0 Å². The number of imidazole rings is 2. The first kappa shape index (κ1) is 27.6. The van der Waals surface area contributed by atoms with Crippen molar-refractivity contribution in [1.82, 2.24) is 19.9 Å². The van der Waals surface area contributed by atoms with E-state index in [9.17, 15) is 9.59 Å². The molecule has 0 fully saturated rings. The van der Waals surface area contributed by atoms with Gasteiger partial charge in [0.2, 0.25) is 6.29 Å². The van der Waals surface area contributed by atoms with Crippen molar-refractivity contribution in [3.8, 4) is 0 Å². The van der Waals surface area contributed by atoms with Crippen molar-refractivity contribution in [1.29, 1.82) is 0 Å². The minimum absolute atomic E-state index is 0.0474. The number of hydrogen-bond acceptors (Lipinski definition) is 6. The van der Waals surface area contributed by atoms with Gasteiger partial charge in [0.15, 0.2) is 0 Å². The van der Waals surface area contributed by atoms with Crippen LogP contribution in [0, 0.1) is 13.8 Å². The second kappa shape index (κ2) is 14.6. The molecular formula is C26H42N4O4. The van der Waals surface area contributed by atoms with Crippen molar-refractivity contribution < 1.29 is 19.1 Å². The van der Waals surface area contributed by atoms with Crippen molar-refractivity contribution in [2.24, 2.45) is 0 Å². The lowest BCUT2D eigenvalue weighted by Crippen LogP contribution is -2.26. The second-order valence-corrected chi connectivity index (χ2v) is 8.89. The summed E-state index contributed by atoms with van der Waals surface area (Å²) in [6, 6.07) is 0. The summed E-state index contributed by atoms with van der Waals surface area (Å²) in [6.07, 6.45) is 9.13. The molecule has 0 aliphatic carbocycles. The number of aromatic nitrogens is 4. The number of nitrogens with zero attached hydrogens (tertiary/aromatic N) is 2. The SMILES string of the molecule is CCCCCCCCCC(OC(=O)Cc1nc(CC)[nH]c1C)OC(=O)Cc1nc(CC)[nH]c1C. The van der Waals surface area contributed by atoms with E-state index in [4.69, 9.17) is 9.47 Å². The van der Waals surface area contributed by atoms with Crippen molar-refractivity contribution in [3.05, 3.63) is 34.4 Å². The summed E-state index contributed by atoms with van der Waals surface area (Å²) in [4.78, 5) is 40.5. The fourth-order valence-electron chi connectivity index (χ4n) is 3.87. The lowest BCUT2D eigenvalue weighted by molar-refractivity contribution is -0.188. The van der Waals surface area contributed by atoms with E-state index >= 15 is 0 Å². The first-order chi connectivity index (χ1) is 16.4. The van der Waals surface area contributed by atoms with Crippen LogP contribution >= 0.6 is 0 Å². The van der Waals surface area contributed by atoms with Crippen LogP contribution in [0.15, 0.2) is 0 Å². The topological polar surface area (TPSA) is 110 Å². The maximum Gasteiger partial charge on any atom is 0.315 e. The minimum atomic E-state index is -0.898. The number of esters is 2. The summed E-state index contributed by atoms with van der Waals surface area (Å²) in [5, 5.41) is 0. The lowest BCUT2D eigenvalue weighted by atomic mass is 10.1. The molecule has 2 rings (SSSR count). The van der Waals surface area contributed by atoms with Gasteiger partial charge in [0.1, 0.15) is 11.6 Å². The Kier molecular flexibility index (Phi) is 11.8. The van der Waals surface area contributed by atoms with Crippen LogP contribution in [0.1, 0.15) is 107 Å². The molecule has 0 amide bonds. The summed E-state index contributed by atoms with van der Waals surface area (Å²) in [7, 11) is 0. The molecule has 0 atom stereocenters. The van der Waals surface area contributed by atoms with E-state index in [2.05, 4.69) is 26.9 Å². The van der Waals surface area contributed by atoms with E-state index in [1.165, 1.54) is 25.7 Å². The zero-order valence-electron chi connectivity index (χ0n) is 21.6. The number of carbonyl (C=O) groups excluding carboxylic acids is 2. The number of unbranched alkanes of at least 4 members (excludes halogenated alkanes) is 6. The minimum Gasteiger partial charge on any atom is -0.425 e. The Labute approximate surface area is 203 Å². The van der Waals surface area contributed by atoms with Gasteiger partial charge in [-0.1, -0.05) is 59.3 Å². The average molecular weight is 475 g/mol. The molecule has 2 heterocycles. The van der Waals surface area contributed by atoms with E-state index in [1.807, 2.05) is 27.7 Å². The zero-order chi connectivity index (χ0) is 24.9. The molecule has 0 spiro atoms. The molecular weight excluding hydrogens is 432 g/mol. The number of hydrogen-bond donors (Lipinski definition) is 2. The Balaban J connectivity index is 1.93. The van der Waals surface area contributed by atoms with E-state index in [0.717, 1.165) is 55.1 Å². The Morgan fingerprint density at radius 1 is 0.735 bits per heavy atom. The number of nitrogens with one attached hydrogen (secondary N) is 2. The molecule has 2 aromatic heterocycles. The van der Waals surface area contributed by atoms with Gasteiger partial charge in [-0.3, -0.25) is 9.59 Å². The molecule has 0 aliphatic heterocycles. The molecule has 8 nitrogen and oxygen atoms in total. The highest BCUT2D eigenvalue weighted by molar-refractivity contribution is 5.74. The van der Waals surface area contributed by atoms with Crippen LogP contribution in [-0.2, 0) is 44.7 Å². The van der Waals surface area contributed by atoms with E-state index in [-0.39, 0.29) is 12.8 Å². The van der Waals surface area contributed by atoms with Crippen molar-refractivity contribution >= 4 is 11.9 Å². The number of H-pyrrole nitrogens is 2.